The molecule has 0 aromatic heterocycles. The molecule has 3 atom stereocenters. The van der Waals surface area contributed by atoms with Crippen molar-refractivity contribution in [1.29, 1.82) is 0 Å². The number of hydrogen-bond donors (Lipinski definition) is 2. The average molecular weight is 283 g/mol. The van der Waals surface area contributed by atoms with E-state index in [4.69, 9.17) is 5.11 Å². The van der Waals surface area contributed by atoms with Gasteiger partial charge in [-0.25, -0.2) is 13.6 Å². The van der Waals surface area contributed by atoms with E-state index >= 15 is 0 Å². The van der Waals surface area contributed by atoms with Crippen LogP contribution in [0.3, 0.4) is 0 Å². The molecule has 0 heterocycles. The Balaban J connectivity index is 2.22. The highest BCUT2D eigenvalue weighted by molar-refractivity contribution is 5.88. The Bertz CT molecular complexity index is 519. The fraction of sp³-hybridized carbons (Fsp3) is 0.533. The third-order valence-electron chi connectivity index (χ3n) is 4.36. The lowest BCUT2D eigenvalue weighted by molar-refractivity contribution is 0.0690. The number of nitrogens with one attached hydrogen (secondary N) is 1. The van der Waals surface area contributed by atoms with Crippen molar-refractivity contribution in [3.63, 3.8) is 0 Å². The van der Waals surface area contributed by atoms with E-state index < -0.39 is 23.2 Å². The van der Waals surface area contributed by atoms with E-state index in [1.165, 1.54) is 6.07 Å². The van der Waals surface area contributed by atoms with Gasteiger partial charge in [0.2, 0.25) is 0 Å². The molecule has 110 valence electrons. The van der Waals surface area contributed by atoms with Gasteiger partial charge >= 0.3 is 5.97 Å². The minimum Gasteiger partial charge on any atom is -0.478 e. The number of hydrogen-bond acceptors (Lipinski definition) is 2. The van der Waals surface area contributed by atoms with Crippen molar-refractivity contribution in [3.8, 4) is 0 Å². The van der Waals surface area contributed by atoms with Crippen molar-refractivity contribution in [2.75, 3.05) is 5.32 Å². The van der Waals surface area contributed by atoms with Crippen LogP contribution in [0.1, 0.15) is 43.5 Å². The minimum absolute atomic E-state index is 0.0402. The van der Waals surface area contributed by atoms with Crippen LogP contribution in [0.5, 0.6) is 0 Å². The molecule has 0 saturated heterocycles. The van der Waals surface area contributed by atoms with Gasteiger partial charge < -0.3 is 10.4 Å². The molecular weight excluding hydrogens is 264 g/mol. The van der Waals surface area contributed by atoms with E-state index in [1.807, 2.05) is 0 Å². The van der Waals surface area contributed by atoms with Crippen molar-refractivity contribution in [1.82, 2.24) is 0 Å². The van der Waals surface area contributed by atoms with Gasteiger partial charge in [-0.3, -0.25) is 0 Å². The summed E-state index contributed by atoms with van der Waals surface area (Å²) in [5, 5.41) is 11.8. The lowest BCUT2D eigenvalue weighted by Crippen LogP contribution is -2.35. The molecule has 1 aromatic rings. The Hall–Kier alpha value is -1.65. The number of carbonyl (C=O) groups is 1. The SMILES string of the molecule is CC1CCCC(Nc2ccc(C(=O)O)c(F)c2F)C1C. The number of aromatic carboxylic acids is 1. The van der Waals surface area contributed by atoms with E-state index in [2.05, 4.69) is 19.2 Å². The number of carboxylic acid groups (broad SMARTS) is 1. The van der Waals surface area contributed by atoms with Crippen LogP contribution >= 0.6 is 0 Å². The number of benzene rings is 1. The van der Waals surface area contributed by atoms with E-state index in [-0.39, 0.29) is 11.7 Å². The van der Waals surface area contributed by atoms with Gasteiger partial charge in [0.25, 0.3) is 0 Å². The molecule has 1 aliphatic carbocycles. The van der Waals surface area contributed by atoms with E-state index in [9.17, 15) is 13.6 Å². The standard InChI is InChI=1S/C15H19F2NO2/c1-8-4-3-5-11(9(8)2)18-12-7-6-10(15(19)20)13(16)14(12)17/h6-9,11,18H,3-5H2,1-2H3,(H,19,20). The van der Waals surface area contributed by atoms with Gasteiger partial charge in [0.15, 0.2) is 11.6 Å². The fourth-order valence-corrected chi connectivity index (χ4v) is 2.81. The maximum atomic E-state index is 13.9. The zero-order valence-electron chi connectivity index (χ0n) is 11.6. The quantitative estimate of drug-likeness (QED) is 0.884. The van der Waals surface area contributed by atoms with Crippen LogP contribution in [0.15, 0.2) is 12.1 Å². The maximum absolute atomic E-state index is 13.9. The van der Waals surface area contributed by atoms with E-state index in [0.29, 0.717) is 11.8 Å². The predicted molar refractivity (Wildman–Crippen MR) is 72.9 cm³/mol. The monoisotopic (exact) mass is 283 g/mol. The zero-order valence-corrected chi connectivity index (χ0v) is 11.6. The van der Waals surface area contributed by atoms with E-state index in [1.54, 1.807) is 0 Å². The first kappa shape index (κ1) is 14.8. The summed E-state index contributed by atoms with van der Waals surface area (Å²) in [7, 11) is 0. The van der Waals surface area contributed by atoms with Gasteiger partial charge in [-0.2, -0.15) is 0 Å². The topological polar surface area (TPSA) is 49.3 Å². The molecule has 2 N–H and O–H groups in total. The summed E-state index contributed by atoms with van der Waals surface area (Å²) in [6, 6.07) is 2.48. The van der Waals surface area contributed by atoms with Crippen LogP contribution in [-0.2, 0) is 0 Å². The first-order chi connectivity index (χ1) is 9.41. The van der Waals surface area contributed by atoms with Gasteiger partial charge in [-0.05, 0) is 30.4 Å². The summed E-state index contributed by atoms with van der Waals surface area (Å²) in [6.45, 7) is 4.25. The Morgan fingerprint density at radius 3 is 2.60 bits per heavy atom. The third kappa shape index (κ3) is 2.76. The second kappa shape index (κ2) is 5.77. The smallest absolute Gasteiger partial charge is 0.338 e. The van der Waals surface area contributed by atoms with Crippen molar-refractivity contribution < 1.29 is 18.7 Å². The molecule has 2 rings (SSSR count). The molecule has 0 spiro atoms. The van der Waals surface area contributed by atoms with E-state index in [0.717, 1.165) is 25.3 Å². The fourth-order valence-electron chi connectivity index (χ4n) is 2.81. The third-order valence-corrected chi connectivity index (χ3v) is 4.36. The first-order valence-electron chi connectivity index (χ1n) is 6.89. The highest BCUT2D eigenvalue weighted by atomic mass is 19.2. The number of rotatable bonds is 3. The summed E-state index contributed by atoms with van der Waals surface area (Å²) < 4.78 is 27.5. The number of anilines is 1. The lowest BCUT2D eigenvalue weighted by Gasteiger charge is -2.35. The molecule has 1 fully saturated rings. The highest BCUT2D eigenvalue weighted by Gasteiger charge is 2.28. The van der Waals surface area contributed by atoms with Crippen LogP contribution in [0.4, 0.5) is 14.5 Å². The molecule has 0 aliphatic heterocycles. The summed E-state index contributed by atoms with van der Waals surface area (Å²) in [5.74, 6) is -2.99. The van der Waals surface area contributed by atoms with Crippen LogP contribution in [0.2, 0.25) is 0 Å². The Morgan fingerprint density at radius 1 is 1.25 bits per heavy atom. The molecule has 3 unspecified atom stereocenters. The minimum atomic E-state index is -1.47. The van der Waals surface area contributed by atoms with Gasteiger partial charge in [-0.1, -0.05) is 26.7 Å². The van der Waals surface area contributed by atoms with Crippen LogP contribution < -0.4 is 5.32 Å². The average Bonchev–Trinajstić information content (AvgIpc) is 2.40. The second-order valence-electron chi connectivity index (χ2n) is 5.61. The summed E-state index contributed by atoms with van der Waals surface area (Å²) in [6.07, 6.45) is 3.11. The number of halogens is 2. The second-order valence-corrected chi connectivity index (χ2v) is 5.61. The first-order valence-corrected chi connectivity index (χ1v) is 6.89. The maximum Gasteiger partial charge on any atom is 0.338 e. The van der Waals surface area contributed by atoms with Crippen molar-refractivity contribution in [2.24, 2.45) is 11.8 Å². The summed E-state index contributed by atoms with van der Waals surface area (Å²) in [4.78, 5) is 10.7. The molecular formula is C15H19F2NO2. The molecule has 1 saturated carbocycles. The summed E-state index contributed by atoms with van der Waals surface area (Å²) in [5.41, 5.74) is -0.600. The van der Waals surface area contributed by atoms with Crippen molar-refractivity contribution in [2.45, 2.75) is 39.2 Å². The molecule has 0 radical (unpaired) electrons. The highest BCUT2D eigenvalue weighted by Crippen LogP contribution is 2.32. The Labute approximate surface area is 117 Å². The molecule has 20 heavy (non-hydrogen) atoms. The van der Waals surface area contributed by atoms with Gasteiger partial charge in [0.05, 0.1) is 11.3 Å². The largest absolute Gasteiger partial charge is 0.478 e. The van der Waals surface area contributed by atoms with Gasteiger partial charge in [0, 0.05) is 6.04 Å². The molecule has 1 aromatic carbocycles. The van der Waals surface area contributed by atoms with Crippen LogP contribution in [0.25, 0.3) is 0 Å². The molecule has 0 amide bonds. The van der Waals surface area contributed by atoms with Gasteiger partial charge in [-0.15, -0.1) is 0 Å². The normalized spacial score (nSPS) is 26.3. The molecule has 1 aliphatic rings. The molecule has 3 nitrogen and oxygen atoms in total. The summed E-state index contributed by atoms with van der Waals surface area (Å²) >= 11 is 0. The lowest BCUT2D eigenvalue weighted by atomic mass is 9.78. The Kier molecular flexibility index (Phi) is 4.26. The molecule has 0 bridgehead atoms. The predicted octanol–water partition coefficient (Wildman–Crippen LogP) is 3.90. The van der Waals surface area contributed by atoms with Crippen molar-refractivity contribution in [3.05, 3.63) is 29.3 Å². The number of carboxylic acids is 1. The zero-order chi connectivity index (χ0) is 14.9. The van der Waals surface area contributed by atoms with Crippen LogP contribution in [-0.4, -0.2) is 17.1 Å². The van der Waals surface area contributed by atoms with Gasteiger partial charge in [0.1, 0.15) is 0 Å². The van der Waals surface area contributed by atoms with Crippen LogP contribution in [0, 0.1) is 23.5 Å². The van der Waals surface area contributed by atoms with Crippen molar-refractivity contribution >= 4 is 11.7 Å². The molecule has 5 heteroatoms. The Morgan fingerprint density at radius 2 is 1.95 bits per heavy atom.